The van der Waals surface area contributed by atoms with Gasteiger partial charge >= 0.3 is 0 Å². The van der Waals surface area contributed by atoms with Gasteiger partial charge in [-0.15, -0.1) is 0 Å². The van der Waals surface area contributed by atoms with E-state index in [0.29, 0.717) is 14.6 Å². The number of halogens is 2. The molecular formula is C20H16Br2N4O4. The molecule has 0 aliphatic carbocycles. The molecule has 0 saturated heterocycles. The maximum atomic E-state index is 12.3. The monoisotopic (exact) mass is 534 g/mol. The van der Waals surface area contributed by atoms with Gasteiger partial charge in [0.1, 0.15) is 5.75 Å². The lowest BCUT2D eigenvalue weighted by Crippen LogP contribution is -2.18. The quantitative estimate of drug-likeness (QED) is 0.272. The van der Waals surface area contributed by atoms with Gasteiger partial charge in [-0.1, -0.05) is 22.0 Å². The molecule has 0 bridgehead atoms. The zero-order valence-corrected chi connectivity index (χ0v) is 19.1. The number of nitrogens with one attached hydrogen (secondary N) is 1. The molecule has 2 aromatic carbocycles. The van der Waals surface area contributed by atoms with Gasteiger partial charge in [-0.2, -0.15) is 5.10 Å². The molecule has 154 valence electrons. The minimum atomic E-state index is -0.571. The Balaban J connectivity index is 1.84. The first-order valence-corrected chi connectivity index (χ1v) is 10.2. The van der Waals surface area contributed by atoms with E-state index in [1.54, 1.807) is 18.2 Å². The molecule has 3 aromatic rings. The first-order chi connectivity index (χ1) is 14.2. The van der Waals surface area contributed by atoms with Gasteiger partial charge in [0.15, 0.2) is 0 Å². The Bertz CT molecular complexity index is 1190. The van der Waals surface area contributed by atoms with E-state index in [0.717, 1.165) is 17.0 Å². The number of phenols is 1. The van der Waals surface area contributed by atoms with Crippen LogP contribution in [0, 0.1) is 24.0 Å². The van der Waals surface area contributed by atoms with Crippen LogP contribution in [0.3, 0.4) is 0 Å². The maximum Gasteiger partial charge on any atom is 0.275 e. The Hall–Kier alpha value is -2.98. The second-order valence-electron chi connectivity index (χ2n) is 6.42. The van der Waals surface area contributed by atoms with Crippen molar-refractivity contribution in [3.05, 3.63) is 84.0 Å². The van der Waals surface area contributed by atoms with E-state index in [9.17, 15) is 20.0 Å². The molecule has 3 rings (SSSR count). The van der Waals surface area contributed by atoms with Gasteiger partial charge in [-0.25, -0.2) is 5.43 Å². The van der Waals surface area contributed by atoms with E-state index < -0.39 is 10.8 Å². The summed E-state index contributed by atoms with van der Waals surface area (Å²) in [6, 6.07) is 11.3. The third kappa shape index (κ3) is 4.44. The second-order valence-corrected chi connectivity index (χ2v) is 8.19. The third-order valence-corrected chi connectivity index (χ3v) is 5.47. The molecule has 1 amide bonds. The molecule has 0 saturated carbocycles. The lowest BCUT2D eigenvalue weighted by atomic mass is 10.2. The third-order valence-electron chi connectivity index (χ3n) is 4.41. The van der Waals surface area contributed by atoms with Crippen LogP contribution in [0.25, 0.3) is 5.69 Å². The molecule has 1 aromatic heterocycles. The van der Waals surface area contributed by atoms with Crippen molar-refractivity contribution in [2.45, 2.75) is 13.8 Å². The molecule has 0 aliphatic heterocycles. The van der Waals surface area contributed by atoms with E-state index >= 15 is 0 Å². The zero-order chi connectivity index (χ0) is 22.0. The van der Waals surface area contributed by atoms with Crippen LogP contribution in [0.2, 0.25) is 0 Å². The van der Waals surface area contributed by atoms with E-state index in [1.165, 1.54) is 24.4 Å². The lowest BCUT2D eigenvalue weighted by molar-refractivity contribution is -0.384. The van der Waals surface area contributed by atoms with Gasteiger partial charge in [0.25, 0.3) is 11.6 Å². The number of aromatic hydroxyl groups is 1. The van der Waals surface area contributed by atoms with Crippen LogP contribution in [0.4, 0.5) is 5.69 Å². The normalized spacial score (nSPS) is 11.1. The average Bonchev–Trinajstić information content (AvgIpc) is 2.98. The van der Waals surface area contributed by atoms with E-state index in [1.807, 2.05) is 24.5 Å². The van der Waals surface area contributed by atoms with Crippen molar-refractivity contribution in [1.82, 2.24) is 9.99 Å². The fourth-order valence-electron chi connectivity index (χ4n) is 3.02. The van der Waals surface area contributed by atoms with Crippen LogP contribution in [-0.4, -0.2) is 26.7 Å². The number of aromatic nitrogens is 1. The Morgan fingerprint density at radius 3 is 2.67 bits per heavy atom. The smallest absolute Gasteiger partial charge is 0.275 e. The summed E-state index contributed by atoms with van der Waals surface area (Å²) in [4.78, 5) is 23.0. The highest BCUT2D eigenvalue weighted by atomic mass is 79.9. The van der Waals surface area contributed by atoms with Crippen molar-refractivity contribution in [2.75, 3.05) is 0 Å². The minimum absolute atomic E-state index is 0.00229. The summed E-state index contributed by atoms with van der Waals surface area (Å²) in [7, 11) is 0. The number of amides is 1. The number of benzene rings is 2. The molecule has 0 unspecified atom stereocenters. The molecule has 0 aliphatic rings. The molecule has 10 heteroatoms. The number of non-ortho nitro benzene ring substituents is 1. The number of phenolic OH excluding ortho intramolecular Hbond substituents is 1. The number of hydrogen-bond acceptors (Lipinski definition) is 5. The molecule has 2 N–H and O–H groups in total. The number of nitro groups is 1. The molecule has 1 heterocycles. The molecule has 0 fully saturated rings. The van der Waals surface area contributed by atoms with Crippen molar-refractivity contribution in [2.24, 2.45) is 5.10 Å². The molecular weight excluding hydrogens is 520 g/mol. The zero-order valence-electron chi connectivity index (χ0n) is 15.9. The predicted molar refractivity (Wildman–Crippen MR) is 120 cm³/mol. The molecule has 0 atom stereocenters. The largest absolute Gasteiger partial charge is 0.506 e. The van der Waals surface area contributed by atoms with Crippen LogP contribution < -0.4 is 5.43 Å². The molecule has 0 spiro atoms. The van der Waals surface area contributed by atoms with Gasteiger partial charge in [-0.05, 0) is 54.0 Å². The Kier molecular flexibility index (Phi) is 6.37. The average molecular weight is 536 g/mol. The number of hydrogen-bond donors (Lipinski definition) is 2. The highest BCUT2D eigenvalue weighted by molar-refractivity contribution is 9.11. The lowest BCUT2D eigenvalue weighted by Gasteiger charge is -2.09. The summed E-state index contributed by atoms with van der Waals surface area (Å²) in [6.07, 6.45) is 1.48. The molecule has 30 heavy (non-hydrogen) atoms. The van der Waals surface area contributed by atoms with Crippen molar-refractivity contribution in [1.29, 1.82) is 0 Å². The van der Waals surface area contributed by atoms with E-state index in [-0.39, 0.29) is 17.0 Å². The number of hydrazone groups is 1. The van der Waals surface area contributed by atoms with Gasteiger partial charge in [-0.3, -0.25) is 14.9 Å². The van der Waals surface area contributed by atoms with Crippen LogP contribution >= 0.6 is 31.9 Å². The van der Waals surface area contributed by atoms with Gasteiger partial charge in [0.05, 0.1) is 26.9 Å². The minimum Gasteiger partial charge on any atom is -0.506 e. The summed E-state index contributed by atoms with van der Waals surface area (Å²) in [6.45, 7) is 3.73. The summed E-state index contributed by atoms with van der Waals surface area (Å²) in [5.41, 5.74) is 5.52. The number of carbonyl (C=O) groups is 1. The number of nitrogens with zero attached hydrogens (tertiary/aromatic N) is 3. The van der Waals surface area contributed by atoms with Crippen molar-refractivity contribution >= 4 is 49.7 Å². The molecule has 8 nitrogen and oxygen atoms in total. The van der Waals surface area contributed by atoms with Crippen LogP contribution in [0.15, 0.2) is 56.5 Å². The highest BCUT2D eigenvalue weighted by Crippen LogP contribution is 2.31. The number of rotatable bonds is 5. The van der Waals surface area contributed by atoms with Gasteiger partial charge in [0.2, 0.25) is 0 Å². The van der Waals surface area contributed by atoms with Crippen LogP contribution in [-0.2, 0) is 0 Å². The van der Waals surface area contributed by atoms with E-state index in [2.05, 4.69) is 42.4 Å². The maximum absolute atomic E-state index is 12.3. The predicted octanol–water partition coefficient (Wildman–Crippen LogP) is 5.00. The van der Waals surface area contributed by atoms with Crippen molar-refractivity contribution in [3.8, 4) is 11.4 Å². The summed E-state index contributed by atoms with van der Waals surface area (Å²) < 4.78 is 2.88. The second kappa shape index (κ2) is 8.80. The van der Waals surface area contributed by atoms with Gasteiger partial charge in [0, 0.05) is 33.6 Å². The first kappa shape index (κ1) is 21.7. The number of aryl methyl sites for hydroxylation is 1. The van der Waals surface area contributed by atoms with Crippen molar-refractivity contribution < 1.29 is 14.8 Å². The summed E-state index contributed by atoms with van der Waals surface area (Å²) >= 11 is 6.46. The first-order valence-electron chi connectivity index (χ1n) is 8.64. The Morgan fingerprint density at radius 2 is 1.97 bits per heavy atom. The van der Waals surface area contributed by atoms with Crippen LogP contribution in [0.1, 0.15) is 27.3 Å². The Labute approximate surface area is 188 Å². The Morgan fingerprint density at radius 1 is 1.23 bits per heavy atom. The highest BCUT2D eigenvalue weighted by Gasteiger charge is 2.15. The number of carbonyl (C=O) groups excluding carboxylic acids is 1. The standard InChI is InChI=1S/C20H16Br2N4O4/c1-11-6-13(12(2)25(11)15-4-3-5-16(9-15)26(29)30)10-23-24-20(28)17-7-14(21)8-18(22)19(17)27/h3-10,27H,1-2H3,(H,24,28). The van der Waals surface area contributed by atoms with Gasteiger partial charge < -0.3 is 9.67 Å². The summed E-state index contributed by atoms with van der Waals surface area (Å²) in [5.74, 6) is -0.756. The molecule has 0 radical (unpaired) electrons. The summed E-state index contributed by atoms with van der Waals surface area (Å²) in [5, 5.41) is 25.1. The fraction of sp³-hybridized carbons (Fsp3) is 0.100. The van der Waals surface area contributed by atoms with Crippen LogP contribution in [0.5, 0.6) is 5.75 Å². The van der Waals surface area contributed by atoms with E-state index in [4.69, 9.17) is 0 Å². The SMILES string of the molecule is Cc1cc(C=NNC(=O)c2cc(Br)cc(Br)c2O)c(C)n1-c1cccc([N+](=O)[O-])c1. The topological polar surface area (TPSA) is 110 Å². The van der Waals surface area contributed by atoms with Crippen molar-refractivity contribution in [3.63, 3.8) is 0 Å². The number of nitro benzene ring substituents is 1. The fourth-order valence-corrected chi connectivity index (χ4v) is 4.25.